The van der Waals surface area contributed by atoms with Crippen molar-refractivity contribution in [2.45, 2.75) is 32.7 Å². The van der Waals surface area contributed by atoms with Gasteiger partial charge in [0.05, 0.1) is 12.7 Å². The van der Waals surface area contributed by atoms with Crippen molar-refractivity contribution in [3.05, 3.63) is 30.2 Å². The molecule has 1 N–H and O–H groups in total. The lowest BCUT2D eigenvalue weighted by Crippen LogP contribution is -2.41. The zero-order chi connectivity index (χ0) is 17.8. The monoisotopic (exact) mass is 344 g/mol. The Hall–Kier alpha value is -2.57. The van der Waals surface area contributed by atoms with Crippen molar-refractivity contribution in [3.8, 4) is 17.1 Å². The number of benzene rings is 1. The predicted molar refractivity (Wildman–Crippen MR) is 93.2 cm³/mol. The van der Waals surface area contributed by atoms with E-state index < -0.39 is 0 Å². The molecule has 7 nitrogen and oxygen atoms in total. The van der Waals surface area contributed by atoms with E-state index in [0.717, 1.165) is 18.4 Å². The van der Waals surface area contributed by atoms with E-state index in [4.69, 9.17) is 9.26 Å². The van der Waals surface area contributed by atoms with Gasteiger partial charge in [-0.2, -0.15) is 4.98 Å². The highest BCUT2D eigenvalue weighted by Gasteiger charge is 2.34. The molecule has 0 saturated carbocycles. The normalized spacial score (nSPS) is 17.1. The first-order valence-corrected chi connectivity index (χ1v) is 8.61. The van der Waals surface area contributed by atoms with Gasteiger partial charge in [-0.15, -0.1) is 0 Å². The number of nitrogens with one attached hydrogen (secondary N) is 1. The minimum atomic E-state index is -0.178. The van der Waals surface area contributed by atoms with Gasteiger partial charge in [0, 0.05) is 13.1 Å². The molecule has 1 aliphatic heterocycles. The highest BCUT2D eigenvalue weighted by atomic mass is 16.5. The molecule has 2 amide bonds. The average Bonchev–Trinajstić information content (AvgIpc) is 3.28. The number of urea groups is 1. The molecule has 25 heavy (non-hydrogen) atoms. The van der Waals surface area contributed by atoms with Crippen LogP contribution < -0.4 is 10.1 Å². The maximum Gasteiger partial charge on any atom is 0.318 e. The topological polar surface area (TPSA) is 80.5 Å². The molecule has 0 aliphatic carbocycles. The maximum absolute atomic E-state index is 12.4. The molecule has 0 spiro atoms. The number of hydrogen-bond donors (Lipinski definition) is 1. The quantitative estimate of drug-likeness (QED) is 0.900. The van der Waals surface area contributed by atoms with Crippen molar-refractivity contribution in [1.29, 1.82) is 0 Å². The van der Waals surface area contributed by atoms with Gasteiger partial charge in [0.25, 0.3) is 0 Å². The number of hydrogen-bond acceptors (Lipinski definition) is 5. The van der Waals surface area contributed by atoms with Crippen molar-refractivity contribution in [1.82, 2.24) is 20.4 Å². The van der Waals surface area contributed by atoms with Crippen LogP contribution in [0.5, 0.6) is 5.75 Å². The van der Waals surface area contributed by atoms with Gasteiger partial charge >= 0.3 is 6.03 Å². The first-order chi connectivity index (χ1) is 12.1. The van der Waals surface area contributed by atoms with Crippen molar-refractivity contribution in [3.63, 3.8) is 0 Å². The smallest absolute Gasteiger partial charge is 0.318 e. The molecule has 1 fully saturated rings. The average molecular weight is 344 g/mol. The maximum atomic E-state index is 12.4. The van der Waals surface area contributed by atoms with Gasteiger partial charge in [-0.25, -0.2) is 4.79 Å². The Kier molecular flexibility index (Phi) is 5.21. The van der Waals surface area contributed by atoms with Gasteiger partial charge < -0.3 is 19.5 Å². The molecule has 0 radical (unpaired) electrons. The van der Waals surface area contributed by atoms with Crippen molar-refractivity contribution in [2.75, 3.05) is 20.2 Å². The first kappa shape index (κ1) is 17.3. The van der Waals surface area contributed by atoms with Crippen LogP contribution in [0.1, 0.15) is 38.6 Å². The number of nitrogens with zero attached hydrogens (tertiary/aromatic N) is 3. The SMILES string of the molecule is COc1ccccc1-c1noc([C@H]2CCCN2C(=O)NCC(C)C)n1. The third-order valence-electron chi connectivity index (χ3n) is 4.25. The van der Waals surface area contributed by atoms with Crippen molar-refractivity contribution < 1.29 is 14.1 Å². The van der Waals surface area contributed by atoms with Crippen molar-refractivity contribution in [2.24, 2.45) is 5.92 Å². The Balaban J connectivity index is 1.78. The number of aromatic nitrogens is 2. The molecule has 134 valence electrons. The fraction of sp³-hybridized carbons (Fsp3) is 0.500. The van der Waals surface area contributed by atoms with Gasteiger partial charge in [-0.05, 0) is 30.9 Å². The number of likely N-dealkylation sites (tertiary alicyclic amines) is 1. The molecule has 2 heterocycles. The number of methoxy groups -OCH3 is 1. The molecule has 3 rings (SSSR count). The van der Waals surface area contributed by atoms with E-state index in [-0.39, 0.29) is 12.1 Å². The van der Waals surface area contributed by atoms with Crippen LogP contribution in [0, 0.1) is 5.92 Å². The molecule has 7 heteroatoms. The summed E-state index contributed by atoms with van der Waals surface area (Å²) >= 11 is 0. The third kappa shape index (κ3) is 3.75. The zero-order valence-corrected chi connectivity index (χ0v) is 14.9. The molecule has 1 aromatic heterocycles. The molecule has 2 aromatic rings. The zero-order valence-electron chi connectivity index (χ0n) is 14.9. The lowest BCUT2D eigenvalue weighted by atomic mass is 10.2. The van der Waals surface area contributed by atoms with Crippen LogP contribution in [0.2, 0.25) is 0 Å². The third-order valence-corrected chi connectivity index (χ3v) is 4.25. The molecular weight excluding hydrogens is 320 g/mol. The summed E-state index contributed by atoms with van der Waals surface area (Å²) in [5.41, 5.74) is 0.772. The van der Waals surface area contributed by atoms with Crippen LogP contribution in [0.3, 0.4) is 0 Å². The number of para-hydroxylation sites is 1. The number of rotatable bonds is 5. The van der Waals surface area contributed by atoms with E-state index in [1.54, 1.807) is 12.0 Å². The Morgan fingerprint density at radius 2 is 2.24 bits per heavy atom. The Bertz CT molecular complexity index is 729. The van der Waals surface area contributed by atoms with Crippen LogP contribution in [-0.4, -0.2) is 41.3 Å². The van der Waals surface area contributed by atoms with Crippen LogP contribution in [0.25, 0.3) is 11.4 Å². The van der Waals surface area contributed by atoms with E-state index in [0.29, 0.717) is 36.5 Å². The fourth-order valence-electron chi connectivity index (χ4n) is 2.97. The number of carbonyl (C=O) groups is 1. The number of ether oxygens (including phenoxy) is 1. The minimum absolute atomic E-state index is 0.0757. The lowest BCUT2D eigenvalue weighted by Gasteiger charge is -2.22. The summed E-state index contributed by atoms with van der Waals surface area (Å²) in [6.07, 6.45) is 1.74. The Morgan fingerprint density at radius 1 is 1.44 bits per heavy atom. The second-order valence-corrected chi connectivity index (χ2v) is 6.59. The van der Waals surface area contributed by atoms with E-state index >= 15 is 0 Å². The van der Waals surface area contributed by atoms with E-state index in [1.807, 2.05) is 24.3 Å². The molecule has 1 aromatic carbocycles. The summed E-state index contributed by atoms with van der Waals surface area (Å²) in [6, 6.07) is 7.27. The highest BCUT2D eigenvalue weighted by Crippen LogP contribution is 2.33. The Labute approximate surface area is 147 Å². The molecular formula is C18H24N4O3. The largest absolute Gasteiger partial charge is 0.496 e. The van der Waals surface area contributed by atoms with E-state index in [1.165, 1.54) is 0 Å². The lowest BCUT2D eigenvalue weighted by molar-refractivity contribution is 0.179. The van der Waals surface area contributed by atoms with Gasteiger partial charge in [-0.3, -0.25) is 0 Å². The number of amides is 2. The molecule has 1 saturated heterocycles. The number of carbonyl (C=O) groups excluding carboxylic acids is 1. The van der Waals surface area contributed by atoms with Gasteiger partial charge in [0.1, 0.15) is 11.8 Å². The van der Waals surface area contributed by atoms with Gasteiger partial charge in [-0.1, -0.05) is 31.1 Å². The molecule has 0 bridgehead atoms. The van der Waals surface area contributed by atoms with E-state index in [2.05, 4.69) is 29.3 Å². The standard InChI is InChI=1S/C18H24N4O3/c1-12(2)11-19-18(23)22-10-6-8-14(22)17-20-16(21-25-17)13-7-4-5-9-15(13)24-3/h4-5,7,9,12,14H,6,8,10-11H2,1-3H3,(H,19,23)/t14-/m1/s1. The van der Waals surface area contributed by atoms with Gasteiger partial charge in [0.15, 0.2) is 0 Å². The minimum Gasteiger partial charge on any atom is -0.496 e. The fourth-order valence-corrected chi connectivity index (χ4v) is 2.97. The summed E-state index contributed by atoms with van der Waals surface area (Å²) in [5, 5.41) is 7.04. The highest BCUT2D eigenvalue weighted by molar-refractivity contribution is 5.75. The molecule has 1 aliphatic rings. The predicted octanol–water partition coefficient (Wildman–Crippen LogP) is 3.25. The molecule has 0 unspecified atom stereocenters. The van der Waals surface area contributed by atoms with E-state index in [9.17, 15) is 4.79 Å². The summed E-state index contributed by atoms with van der Waals surface area (Å²) in [7, 11) is 1.61. The van der Waals surface area contributed by atoms with Crippen LogP contribution in [-0.2, 0) is 0 Å². The second kappa shape index (κ2) is 7.55. The molecule has 1 atom stereocenters. The summed E-state index contributed by atoms with van der Waals surface area (Å²) in [4.78, 5) is 18.7. The van der Waals surface area contributed by atoms with Crippen LogP contribution in [0.15, 0.2) is 28.8 Å². The summed E-state index contributed by atoms with van der Waals surface area (Å²) in [6.45, 7) is 5.48. The summed E-state index contributed by atoms with van der Waals surface area (Å²) in [5.74, 6) is 2.04. The van der Waals surface area contributed by atoms with Crippen LogP contribution >= 0.6 is 0 Å². The Morgan fingerprint density at radius 3 is 3.00 bits per heavy atom. The van der Waals surface area contributed by atoms with Crippen molar-refractivity contribution >= 4 is 6.03 Å². The summed E-state index contributed by atoms with van der Waals surface area (Å²) < 4.78 is 10.8. The first-order valence-electron chi connectivity index (χ1n) is 8.61. The van der Waals surface area contributed by atoms with Gasteiger partial charge in [0.2, 0.25) is 11.7 Å². The van der Waals surface area contributed by atoms with Crippen LogP contribution in [0.4, 0.5) is 4.79 Å². The second-order valence-electron chi connectivity index (χ2n) is 6.59.